The molecule has 0 aliphatic carbocycles. The summed E-state index contributed by atoms with van der Waals surface area (Å²) in [6.07, 6.45) is 0. The van der Waals surface area contributed by atoms with Gasteiger partial charge in [0.05, 0.1) is 0 Å². The summed E-state index contributed by atoms with van der Waals surface area (Å²) in [6.45, 7) is 0.324. The third kappa shape index (κ3) is 2.69. The summed E-state index contributed by atoms with van der Waals surface area (Å²) in [5.74, 6) is -0.915. The van der Waals surface area contributed by atoms with Gasteiger partial charge < -0.3 is 14.3 Å². The minimum atomic E-state index is -1.31. The van der Waals surface area contributed by atoms with Gasteiger partial charge in [0.25, 0.3) is 0 Å². The SMILES string of the molecule is O=C(O)c1cc2cccc(OCc3ccccc3)c2oc1=O. The number of para-hydroxylation sites is 1. The first kappa shape index (κ1) is 13.9. The molecule has 0 spiro atoms. The zero-order chi connectivity index (χ0) is 15.5. The maximum atomic E-state index is 11.7. The van der Waals surface area contributed by atoms with Gasteiger partial charge in [-0.15, -0.1) is 0 Å². The van der Waals surface area contributed by atoms with E-state index < -0.39 is 17.2 Å². The van der Waals surface area contributed by atoms with Gasteiger partial charge in [0, 0.05) is 5.39 Å². The molecular formula is C17H12O5. The molecule has 0 unspecified atom stereocenters. The second kappa shape index (κ2) is 5.73. The number of carbonyl (C=O) groups is 1. The molecule has 22 heavy (non-hydrogen) atoms. The highest BCUT2D eigenvalue weighted by molar-refractivity contribution is 5.92. The number of carboxylic acid groups (broad SMARTS) is 1. The van der Waals surface area contributed by atoms with Crippen molar-refractivity contribution in [2.45, 2.75) is 6.61 Å². The van der Waals surface area contributed by atoms with Gasteiger partial charge in [-0.2, -0.15) is 0 Å². The van der Waals surface area contributed by atoms with Crippen LogP contribution in [0.2, 0.25) is 0 Å². The maximum absolute atomic E-state index is 11.7. The molecule has 1 heterocycles. The van der Waals surface area contributed by atoms with Crippen LogP contribution in [0.15, 0.2) is 63.8 Å². The Morgan fingerprint density at radius 1 is 1.09 bits per heavy atom. The van der Waals surface area contributed by atoms with Crippen LogP contribution in [0, 0.1) is 0 Å². The Kier molecular flexibility index (Phi) is 3.62. The monoisotopic (exact) mass is 296 g/mol. The van der Waals surface area contributed by atoms with Crippen LogP contribution in [0.25, 0.3) is 11.0 Å². The molecule has 110 valence electrons. The average molecular weight is 296 g/mol. The van der Waals surface area contributed by atoms with Gasteiger partial charge in [0.2, 0.25) is 0 Å². The zero-order valence-corrected chi connectivity index (χ0v) is 11.5. The molecular weight excluding hydrogens is 284 g/mol. The smallest absolute Gasteiger partial charge is 0.351 e. The van der Waals surface area contributed by atoms with Crippen LogP contribution >= 0.6 is 0 Å². The molecule has 0 bridgehead atoms. The van der Waals surface area contributed by atoms with Crippen LogP contribution in [0.5, 0.6) is 5.75 Å². The van der Waals surface area contributed by atoms with E-state index in [9.17, 15) is 9.59 Å². The summed E-state index contributed by atoms with van der Waals surface area (Å²) in [5, 5.41) is 9.46. The highest BCUT2D eigenvalue weighted by atomic mass is 16.5. The molecule has 0 aliphatic heterocycles. The van der Waals surface area contributed by atoms with Crippen molar-refractivity contribution < 1.29 is 19.1 Å². The number of carboxylic acids is 1. The standard InChI is InChI=1S/C17H12O5/c18-16(19)13-9-12-7-4-8-14(15(12)22-17(13)20)21-10-11-5-2-1-3-6-11/h1-9H,10H2,(H,18,19). The summed E-state index contributed by atoms with van der Waals surface area (Å²) < 4.78 is 10.8. The highest BCUT2D eigenvalue weighted by Crippen LogP contribution is 2.25. The highest BCUT2D eigenvalue weighted by Gasteiger charge is 2.14. The lowest BCUT2D eigenvalue weighted by atomic mass is 10.2. The first-order valence-corrected chi connectivity index (χ1v) is 6.62. The van der Waals surface area contributed by atoms with Gasteiger partial charge >= 0.3 is 11.6 Å². The van der Waals surface area contributed by atoms with E-state index in [2.05, 4.69) is 0 Å². The Balaban J connectivity index is 1.98. The number of rotatable bonds is 4. The Morgan fingerprint density at radius 3 is 2.59 bits per heavy atom. The molecule has 5 heteroatoms. The summed E-state index contributed by atoms with van der Waals surface area (Å²) in [4.78, 5) is 22.7. The van der Waals surface area contributed by atoms with E-state index in [0.717, 1.165) is 5.56 Å². The van der Waals surface area contributed by atoms with E-state index in [1.165, 1.54) is 6.07 Å². The molecule has 0 atom stereocenters. The molecule has 0 fully saturated rings. The average Bonchev–Trinajstić information content (AvgIpc) is 2.53. The number of hydrogen-bond acceptors (Lipinski definition) is 4. The number of ether oxygens (including phenoxy) is 1. The van der Waals surface area contributed by atoms with Crippen molar-refractivity contribution in [2.24, 2.45) is 0 Å². The molecule has 0 amide bonds. The molecule has 0 aliphatic rings. The molecule has 2 aromatic carbocycles. The molecule has 0 saturated carbocycles. The van der Waals surface area contributed by atoms with Gasteiger partial charge in [-0.3, -0.25) is 0 Å². The van der Waals surface area contributed by atoms with Crippen molar-refractivity contribution in [3.8, 4) is 5.75 Å². The van der Waals surface area contributed by atoms with Gasteiger partial charge in [-0.25, -0.2) is 9.59 Å². The van der Waals surface area contributed by atoms with Crippen molar-refractivity contribution in [3.05, 3.63) is 76.1 Å². The minimum Gasteiger partial charge on any atom is -0.485 e. The van der Waals surface area contributed by atoms with E-state index in [1.54, 1.807) is 18.2 Å². The summed E-state index contributed by atoms with van der Waals surface area (Å²) in [7, 11) is 0. The van der Waals surface area contributed by atoms with Crippen molar-refractivity contribution >= 4 is 16.9 Å². The Hall–Kier alpha value is -3.08. The molecule has 1 N–H and O–H groups in total. The van der Waals surface area contributed by atoms with Crippen LogP contribution in [0.4, 0.5) is 0 Å². The van der Waals surface area contributed by atoms with Crippen LogP contribution in [-0.4, -0.2) is 11.1 Å². The van der Waals surface area contributed by atoms with Gasteiger partial charge in [0.15, 0.2) is 11.3 Å². The van der Waals surface area contributed by atoms with E-state index in [1.807, 2.05) is 30.3 Å². The lowest BCUT2D eigenvalue weighted by Gasteiger charge is -2.08. The normalized spacial score (nSPS) is 10.5. The van der Waals surface area contributed by atoms with Gasteiger partial charge in [0.1, 0.15) is 12.2 Å². The number of aromatic carboxylic acids is 1. The third-order valence-electron chi connectivity index (χ3n) is 3.19. The maximum Gasteiger partial charge on any atom is 0.351 e. The van der Waals surface area contributed by atoms with E-state index in [4.69, 9.17) is 14.3 Å². The van der Waals surface area contributed by atoms with Crippen LogP contribution in [0.1, 0.15) is 15.9 Å². The lowest BCUT2D eigenvalue weighted by molar-refractivity contribution is 0.0692. The summed E-state index contributed by atoms with van der Waals surface area (Å²) in [6, 6.07) is 15.9. The van der Waals surface area contributed by atoms with Gasteiger partial charge in [-0.05, 0) is 17.7 Å². The number of hydrogen-bond donors (Lipinski definition) is 1. The first-order valence-electron chi connectivity index (χ1n) is 6.62. The molecule has 3 aromatic rings. The Bertz CT molecular complexity index is 880. The quantitative estimate of drug-likeness (QED) is 0.749. The van der Waals surface area contributed by atoms with Crippen LogP contribution < -0.4 is 10.4 Å². The van der Waals surface area contributed by atoms with Crippen molar-refractivity contribution in [3.63, 3.8) is 0 Å². The Labute approximate surface area is 125 Å². The minimum absolute atomic E-state index is 0.244. The second-order valence-electron chi connectivity index (χ2n) is 4.70. The largest absolute Gasteiger partial charge is 0.485 e. The molecule has 1 aromatic heterocycles. The summed E-state index contributed by atoms with van der Waals surface area (Å²) >= 11 is 0. The van der Waals surface area contributed by atoms with Crippen LogP contribution in [-0.2, 0) is 6.61 Å². The lowest BCUT2D eigenvalue weighted by Crippen LogP contribution is -2.13. The zero-order valence-electron chi connectivity index (χ0n) is 11.5. The second-order valence-corrected chi connectivity index (χ2v) is 4.70. The number of benzene rings is 2. The predicted octanol–water partition coefficient (Wildman–Crippen LogP) is 3.07. The van der Waals surface area contributed by atoms with E-state index in [-0.39, 0.29) is 5.58 Å². The topological polar surface area (TPSA) is 76.7 Å². The summed E-state index contributed by atoms with van der Waals surface area (Å²) in [5.41, 5.74) is -0.0686. The van der Waals surface area contributed by atoms with Gasteiger partial charge in [-0.1, -0.05) is 42.5 Å². The molecule has 0 radical (unpaired) electrons. The fraction of sp³-hybridized carbons (Fsp3) is 0.0588. The first-order chi connectivity index (χ1) is 10.6. The third-order valence-corrected chi connectivity index (χ3v) is 3.19. The van der Waals surface area contributed by atoms with Crippen molar-refractivity contribution in [2.75, 3.05) is 0 Å². The fourth-order valence-electron chi connectivity index (χ4n) is 2.12. The van der Waals surface area contributed by atoms with E-state index in [0.29, 0.717) is 17.7 Å². The van der Waals surface area contributed by atoms with Crippen molar-refractivity contribution in [1.82, 2.24) is 0 Å². The van der Waals surface area contributed by atoms with Crippen LogP contribution in [0.3, 0.4) is 0 Å². The molecule has 0 saturated heterocycles. The van der Waals surface area contributed by atoms with E-state index >= 15 is 0 Å². The predicted molar refractivity (Wildman–Crippen MR) is 80.2 cm³/mol. The molecule has 3 rings (SSSR count). The number of fused-ring (bicyclic) bond motifs is 1. The Morgan fingerprint density at radius 2 is 1.86 bits per heavy atom. The van der Waals surface area contributed by atoms with Crippen molar-refractivity contribution in [1.29, 1.82) is 0 Å². The molecule has 5 nitrogen and oxygen atoms in total. The fourth-order valence-corrected chi connectivity index (χ4v) is 2.12.